The fraction of sp³-hybridized carbons (Fsp3) is 0.222. The van der Waals surface area contributed by atoms with E-state index < -0.39 is 11.2 Å². The van der Waals surface area contributed by atoms with Gasteiger partial charge < -0.3 is 0 Å². The van der Waals surface area contributed by atoms with Crippen LogP contribution < -0.4 is 0 Å². The Labute approximate surface area is 99.3 Å². The number of carbonyl (C=O) groups excluding carboxylic acids is 1. The van der Waals surface area contributed by atoms with Gasteiger partial charge in [0.05, 0.1) is 4.47 Å². The summed E-state index contributed by atoms with van der Waals surface area (Å²) in [7, 11) is 0. The Balaban J connectivity index is 2.97. The third kappa shape index (κ3) is 2.69. The molecule has 0 amide bonds. The Bertz CT molecular complexity index is 357. The van der Waals surface area contributed by atoms with Crippen molar-refractivity contribution in [3.05, 3.63) is 34.1 Å². The zero-order valence-electron chi connectivity index (χ0n) is 6.94. The van der Waals surface area contributed by atoms with Crippen LogP contribution in [-0.2, 0) is 0 Å². The van der Waals surface area contributed by atoms with Gasteiger partial charge in [-0.1, -0.05) is 0 Å². The highest BCUT2D eigenvalue weighted by molar-refractivity contribution is 9.10. The standard InChI is InChI=1S/C9H6BrCl2FO/c10-6-3-5(1-2-8(6)13)9(14)7(12)4-11/h1-3,7H,4H2. The first-order valence-corrected chi connectivity index (χ1v) is 5.52. The highest BCUT2D eigenvalue weighted by atomic mass is 79.9. The zero-order valence-corrected chi connectivity index (χ0v) is 10.0. The van der Waals surface area contributed by atoms with Crippen LogP contribution in [0, 0.1) is 5.82 Å². The summed E-state index contributed by atoms with van der Waals surface area (Å²) in [4.78, 5) is 11.5. The van der Waals surface area contributed by atoms with Gasteiger partial charge in [-0.15, -0.1) is 23.2 Å². The largest absolute Gasteiger partial charge is 0.292 e. The third-order valence-electron chi connectivity index (χ3n) is 1.62. The van der Waals surface area contributed by atoms with Crippen molar-refractivity contribution in [2.75, 3.05) is 5.88 Å². The summed E-state index contributed by atoms with van der Waals surface area (Å²) < 4.78 is 13.1. The Hall–Kier alpha value is -0.120. The predicted octanol–water partition coefficient (Wildman–Crippen LogP) is 3.62. The molecule has 76 valence electrons. The van der Waals surface area contributed by atoms with Crippen molar-refractivity contribution in [2.24, 2.45) is 0 Å². The molecule has 5 heteroatoms. The number of benzene rings is 1. The van der Waals surface area contributed by atoms with Crippen molar-refractivity contribution in [3.8, 4) is 0 Å². The second kappa shape index (κ2) is 5.10. The van der Waals surface area contributed by atoms with E-state index in [9.17, 15) is 9.18 Å². The first kappa shape index (κ1) is 12.0. The molecular formula is C9H6BrCl2FO. The molecule has 1 rings (SSSR count). The molecule has 0 aliphatic carbocycles. The molecule has 0 N–H and O–H groups in total. The molecule has 0 bridgehead atoms. The number of ketones is 1. The van der Waals surface area contributed by atoms with E-state index in [2.05, 4.69) is 15.9 Å². The smallest absolute Gasteiger partial charge is 0.181 e. The molecule has 0 aliphatic heterocycles. The lowest BCUT2D eigenvalue weighted by atomic mass is 10.1. The van der Waals surface area contributed by atoms with E-state index >= 15 is 0 Å². The Morgan fingerprint density at radius 1 is 1.57 bits per heavy atom. The molecule has 0 saturated carbocycles. The van der Waals surface area contributed by atoms with Gasteiger partial charge in [0, 0.05) is 11.4 Å². The van der Waals surface area contributed by atoms with E-state index in [-0.39, 0.29) is 16.1 Å². The third-order valence-corrected chi connectivity index (χ3v) is 3.05. The molecule has 14 heavy (non-hydrogen) atoms. The van der Waals surface area contributed by atoms with Crippen LogP contribution in [0.2, 0.25) is 0 Å². The molecule has 1 aromatic rings. The average molecular weight is 300 g/mol. The van der Waals surface area contributed by atoms with Crippen molar-refractivity contribution in [3.63, 3.8) is 0 Å². The maximum Gasteiger partial charge on any atom is 0.181 e. The number of rotatable bonds is 3. The number of hydrogen-bond acceptors (Lipinski definition) is 1. The minimum absolute atomic E-state index is 0.0371. The SMILES string of the molecule is O=C(c1ccc(F)c(Br)c1)C(Cl)CCl. The molecule has 0 heterocycles. The highest BCUT2D eigenvalue weighted by Crippen LogP contribution is 2.19. The van der Waals surface area contributed by atoms with E-state index in [0.29, 0.717) is 5.56 Å². The number of hydrogen-bond donors (Lipinski definition) is 0. The molecule has 1 unspecified atom stereocenters. The van der Waals surface area contributed by atoms with Crippen LogP contribution >= 0.6 is 39.1 Å². The fourth-order valence-electron chi connectivity index (χ4n) is 0.900. The summed E-state index contributed by atoms with van der Waals surface area (Å²) in [6.07, 6.45) is 0. The van der Waals surface area contributed by atoms with Crippen LogP contribution in [0.3, 0.4) is 0 Å². The molecule has 0 radical (unpaired) electrons. The number of carbonyl (C=O) groups is 1. The summed E-state index contributed by atoms with van der Waals surface area (Å²) in [5.74, 6) is -0.684. The maximum absolute atomic E-state index is 12.8. The number of Topliss-reactive ketones (excluding diaryl/α,β-unsaturated/α-hetero) is 1. The Kier molecular flexibility index (Phi) is 4.35. The monoisotopic (exact) mass is 298 g/mol. The Morgan fingerprint density at radius 2 is 2.21 bits per heavy atom. The number of halogens is 4. The van der Waals surface area contributed by atoms with E-state index in [1.807, 2.05) is 0 Å². The topological polar surface area (TPSA) is 17.1 Å². The zero-order chi connectivity index (χ0) is 10.7. The van der Waals surface area contributed by atoms with Gasteiger partial charge in [0.15, 0.2) is 5.78 Å². The van der Waals surface area contributed by atoms with Gasteiger partial charge >= 0.3 is 0 Å². The van der Waals surface area contributed by atoms with Crippen LogP contribution in [-0.4, -0.2) is 17.0 Å². The van der Waals surface area contributed by atoms with Gasteiger partial charge in [-0.3, -0.25) is 4.79 Å². The van der Waals surface area contributed by atoms with E-state index in [1.54, 1.807) is 0 Å². The van der Waals surface area contributed by atoms with Crippen molar-refractivity contribution < 1.29 is 9.18 Å². The predicted molar refractivity (Wildman–Crippen MR) is 58.8 cm³/mol. The molecule has 0 aromatic heterocycles. The maximum atomic E-state index is 12.8. The van der Waals surface area contributed by atoms with E-state index in [0.717, 1.165) is 0 Å². The molecule has 0 saturated heterocycles. The van der Waals surface area contributed by atoms with Gasteiger partial charge in [-0.2, -0.15) is 0 Å². The normalized spacial score (nSPS) is 12.6. The Morgan fingerprint density at radius 3 is 2.71 bits per heavy atom. The first-order chi connectivity index (χ1) is 6.56. The lowest BCUT2D eigenvalue weighted by Crippen LogP contribution is -2.16. The van der Waals surface area contributed by atoms with Crippen molar-refractivity contribution >= 4 is 44.9 Å². The summed E-state index contributed by atoms with van der Waals surface area (Å²) in [6.45, 7) is 0. The fourth-order valence-corrected chi connectivity index (χ4v) is 1.55. The van der Waals surface area contributed by atoms with Gasteiger partial charge in [0.2, 0.25) is 0 Å². The second-order valence-electron chi connectivity index (χ2n) is 2.61. The van der Waals surface area contributed by atoms with Crippen molar-refractivity contribution in [2.45, 2.75) is 5.38 Å². The molecule has 1 atom stereocenters. The molecule has 0 aliphatic rings. The van der Waals surface area contributed by atoms with Crippen molar-refractivity contribution in [1.29, 1.82) is 0 Å². The number of alkyl halides is 2. The molecular weight excluding hydrogens is 294 g/mol. The lowest BCUT2D eigenvalue weighted by molar-refractivity contribution is 0.0992. The van der Waals surface area contributed by atoms with Gasteiger partial charge in [-0.05, 0) is 34.1 Å². The van der Waals surface area contributed by atoms with Gasteiger partial charge in [0.25, 0.3) is 0 Å². The van der Waals surface area contributed by atoms with E-state index in [1.165, 1.54) is 18.2 Å². The summed E-state index contributed by atoms with van der Waals surface area (Å²) in [6, 6.07) is 3.97. The minimum atomic E-state index is -0.769. The molecule has 0 spiro atoms. The first-order valence-electron chi connectivity index (χ1n) is 3.75. The van der Waals surface area contributed by atoms with Crippen LogP contribution in [0.15, 0.2) is 22.7 Å². The van der Waals surface area contributed by atoms with Crippen LogP contribution in [0.4, 0.5) is 4.39 Å². The second-order valence-corrected chi connectivity index (χ2v) is 4.30. The van der Waals surface area contributed by atoms with Gasteiger partial charge in [-0.25, -0.2) is 4.39 Å². The van der Waals surface area contributed by atoms with Gasteiger partial charge in [0.1, 0.15) is 11.2 Å². The minimum Gasteiger partial charge on any atom is -0.292 e. The van der Waals surface area contributed by atoms with Crippen molar-refractivity contribution in [1.82, 2.24) is 0 Å². The quantitative estimate of drug-likeness (QED) is 0.615. The molecule has 1 nitrogen and oxygen atoms in total. The van der Waals surface area contributed by atoms with Crippen LogP contribution in [0.1, 0.15) is 10.4 Å². The molecule has 0 fully saturated rings. The summed E-state index contributed by atoms with van der Waals surface area (Å²) in [5.41, 5.74) is 0.346. The summed E-state index contributed by atoms with van der Waals surface area (Å²) in [5, 5.41) is -0.769. The summed E-state index contributed by atoms with van der Waals surface area (Å²) >= 11 is 14.1. The lowest BCUT2D eigenvalue weighted by Gasteiger charge is -2.05. The average Bonchev–Trinajstić information content (AvgIpc) is 2.20. The van der Waals surface area contributed by atoms with Crippen LogP contribution in [0.5, 0.6) is 0 Å². The van der Waals surface area contributed by atoms with E-state index in [4.69, 9.17) is 23.2 Å². The molecule has 1 aromatic carbocycles. The van der Waals surface area contributed by atoms with Crippen LogP contribution in [0.25, 0.3) is 0 Å². The highest BCUT2D eigenvalue weighted by Gasteiger charge is 2.16.